The van der Waals surface area contributed by atoms with Gasteiger partial charge < -0.3 is 5.73 Å². The summed E-state index contributed by atoms with van der Waals surface area (Å²) >= 11 is 0. The predicted molar refractivity (Wildman–Crippen MR) is 63.7 cm³/mol. The van der Waals surface area contributed by atoms with Crippen LogP contribution in [0.5, 0.6) is 0 Å². The van der Waals surface area contributed by atoms with Crippen LogP contribution < -0.4 is 5.73 Å². The smallest absolute Gasteiger partial charge is 0.253 e. The van der Waals surface area contributed by atoms with Gasteiger partial charge in [0.1, 0.15) is 5.82 Å². The Kier molecular flexibility index (Phi) is 3.12. The van der Waals surface area contributed by atoms with E-state index >= 15 is 0 Å². The second kappa shape index (κ2) is 4.55. The van der Waals surface area contributed by atoms with Crippen LogP contribution in [0.1, 0.15) is 32.0 Å². The highest BCUT2D eigenvalue weighted by Crippen LogP contribution is 2.36. The maximum Gasteiger partial charge on any atom is 0.253 e. The van der Waals surface area contributed by atoms with Crippen molar-refractivity contribution in [3.8, 4) is 0 Å². The number of nitrogens with zero attached hydrogens (tertiary/aromatic N) is 4. The van der Waals surface area contributed by atoms with Gasteiger partial charge in [-0.1, -0.05) is 13.3 Å². The standard InChI is InChI=1S/C11H17N5/c1-7-3-4-8(7)5-6-9-14-10(12)16-11(13-2)15-9/h7-8H,2-6H2,1H3,(H2,12,14,15,16)/t7?,8-/m1/s1. The molecule has 1 fully saturated rings. The Labute approximate surface area is 95.2 Å². The first-order chi connectivity index (χ1) is 7.69. The quantitative estimate of drug-likeness (QED) is 0.783. The summed E-state index contributed by atoms with van der Waals surface area (Å²) in [6, 6.07) is 0. The largest absolute Gasteiger partial charge is 0.368 e. The number of aromatic nitrogens is 3. The zero-order valence-corrected chi connectivity index (χ0v) is 9.56. The van der Waals surface area contributed by atoms with Crippen molar-refractivity contribution in [3.63, 3.8) is 0 Å². The maximum absolute atomic E-state index is 5.57. The molecule has 0 aromatic carbocycles. The molecule has 5 heteroatoms. The molecule has 16 heavy (non-hydrogen) atoms. The molecule has 1 saturated carbocycles. The molecular formula is C11H17N5. The van der Waals surface area contributed by atoms with E-state index in [1.165, 1.54) is 12.8 Å². The molecule has 2 N–H and O–H groups in total. The molecule has 0 bridgehead atoms. The summed E-state index contributed by atoms with van der Waals surface area (Å²) in [5.74, 6) is 2.95. The normalized spacial score (nSPS) is 23.8. The highest BCUT2D eigenvalue weighted by Gasteiger charge is 2.26. The molecule has 2 rings (SSSR count). The van der Waals surface area contributed by atoms with Gasteiger partial charge in [-0.25, -0.2) is 4.99 Å². The fourth-order valence-electron chi connectivity index (χ4n) is 2.09. The van der Waals surface area contributed by atoms with E-state index < -0.39 is 0 Å². The number of nitrogen functional groups attached to an aromatic ring is 1. The number of anilines is 1. The molecule has 2 atom stereocenters. The van der Waals surface area contributed by atoms with Crippen molar-refractivity contribution < 1.29 is 0 Å². The number of nitrogens with two attached hydrogens (primary N) is 1. The third-order valence-corrected chi connectivity index (χ3v) is 3.36. The Morgan fingerprint density at radius 1 is 1.38 bits per heavy atom. The summed E-state index contributed by atoms with van der Waals surface area (Å²) in [4.78, 5) is 15.8. The molecule has 0 spiro atoms. The molecule has 0 saturated heterocycles. The van der Waals surface area contributed by atoms with Crippen LogP contribution in [0, 0.1) is 11.8 Å². The minimum atomic E-state index is 0.231. The summed E-state index contributed by atoms with van der Waals surface area (Å²) in [5, 5.41) is 0. The lowest BCUT2D eigenvalue weighted by Gasteiger charge is -2.33. The number of hydrogen-bond acceptors (Lipinski definition) is 5. The summed E-state index contributed by atoms with van der Waals surface area (Å²) in [6.45, 7) is 5.69. The van der Waals surface area contributed by atoms with Crippen LogP contribution >= 0.6 is 0 Å². The second-order valence-electron chi connectivity index (χ2n) is 4.42. The zero-order valence-electron chi connectivity index (χ0n) is 9.56. The predicted octanol–water partition coefficient (Wildman–Crippen LogP) is 1.76. The van der Waals surface area contributed by atoms with Gasteiger partial charge in [0.15, 0.2) is 0 Å². The highest BCUT2D eigenvalue weighted by atomic mass is 15.2. The first-order valence-electron chi connectivity index (χ1n) is 5.66. The van der Waals surface area contributed by atoms with E-state index in [0.717, 1.165) is 30.5 Å². The minimum Gasteiger partial charge on any atom is -0.368 e. The van der Waals surface area contributed by atoms with Crippen LogP contribution in [0.25, 0.3) is 0 Å². The average Bonchev–Trinajstić information content (AvgIpc) is 2.26. The average molecular weight is 219 g/mol. The van der Waals surface area contributed by atoms with Crippen LogP contribution in [0.3, 0.4) is 0 Å². The van der Waals surface area contributed by atoms with Gasteiger partial charge in [0.05, 0.1) is 0 Å². The molecular weight excluding hydrogens is 202 g/mol. The Balaban J connectivity index is 1.98. The Hall–Kier alpha value is -1.52. The summed E-state index contributed by atoms with van der Waals surface area (Å²) in [7, 11) is 0. The van der Waals surface area contributed by atoms with E-state index in [1.807, 2.05) is 0 Å². The van der Waals surface area contributed by atoms with E-state index in [9.17, 15) is 0 Å². The van der Waals surface area contributed by atoms with Gasteiger partial charge in [-0.2, -0.15) is 15.0 Å². The number of rotatable bonds is 4. The lowest BCUT2D eigenvalue weighted by Crippen LogP contribution is -2.23. The Morgan fingerprint density at radius 2 is 2.19 bits per heavy atom. The fourth-order valence-corrected chi connectivity index (χ4v) is 2.09. The van der Waals surface area contributed by atoms with Gasteiger partial charge in [-0.3, -0.25) is 0 Å². The molecule has 1 aliphatic rings. The molecule has 86 valence electrons. The van der Waals surface area contributed by atoms with Crippen molar-refractivity contribution in [3.05, 3.63) is 5.82 Å². The summed E-state index contributed by atoms with van der Waals surface area (Å²) in [6.07, 6.45) is 4.66. The van der Waals surface area contributed by atoms with Crippen molar-refractivity contribution in [1.29, 1.82) is 0 Å². The first kappa shape index (κ1) is 11.0. The van der Waals surface area contributed by atoms with Gasteiger partial charge in [0.2, 0.25) is 5.95 Å². The van der Waals surface area contributed by atoms with Gasteiger partial charge >= 0.3 is 0 Å². The van der Waals surface area contributed by atoms with Crippen LogP contribution in [-0.2, 0) is 6.42 Å². The topological polar surface area (TPSA) is 77.0 Å². The van der Waals surface area contributed by atoms with Crippen LogP contribution in [0.2, 0.25) is 0 Å². The molecule has 0 radical (unpaired) electrons. The van der Waals surface area contributed by atoms with E-state index in [-0.39, 0.29) is 5.95 Å². The van der Waals surface area contributed by atoms with E-state index in [1.54, 1.807) is 0 Å². The monoisotopic (exact) mass is 219 g/mol. The second-order valence-corrected chi connectivity index (χ2v) is 4.42. The lowest BCUT2D eigenvalue weighted by molar-refractivity contribution is 0.183. The highest BCUT2D eigenvalue weighted by molar-refractivity contribution is 5.36. The molecule has 1 unspecified atom stereocenters. The van der Waals surface area contributed by atoms with Gasteiger partial charge in [-0.05, 0) is 31.4 Å². The lowest BCUT2D eigenvalue weighted by atomic mass is 9.72. The van der Waals surface area contributed by atoms with Gasteiger partial charge in [0, 0.05) is 6.42 Å². The van der Waals surface area contributed by atoms with E-state index in [4.69, 9.17) is 5.73 Å². The maximum atomic E-state index is 5.57. The molecule has 1 aromatic heterocycles. The fraction of sp³-hybridized carbons (Fsp3) is 0.636. The van der Waals surface area contributed by atoms with Crippen LogP contribution in [0.15, 0.2) is 4.99 Å². The van der Waals surface area contributed by atoms with E-state index in [2.05, 4.69) is 33.6 Å². The van der Waals surface area contributed by atoms with Crippen molar-refractivity contribution in [2.24, 2.45) is 16.8 Å². The van der Waals surface area contributed by atoms with Crippen LogP contribution in [0.4, 0.5) is 11.9 Å². The molecule has 0 aliphatic heterocycles. The van der Waals surface area contributed by atoms with Gasteiger partial charge in [0.25, 0.3) is 5.95 Å². The van der Waals surface area contributed by atoms with Gasteiger partial charge in [-0.15, -0.1) is 0 Å². The minimum absolute atomic E-state index is 0.231. The first-order valence-corrected chi connectivity index (χ1v) is 5.66. The van der Waals surface area contributed by atoms with E-state index in [0.29, 0.717) is 5.95 Å². The molecule has 1 aliphatic carbocycles. The number of aliphatic imine (C=N–C) groups is 1. The molecule has 5 nitrogen and oxygen atoms in total. The molecule has 1 aromatic rings. The SMILES string of the molecule is C=Nc1nc(N)nc(CC[C@H]2CCC2C)n1. The number of aryl methyl sites for hydroxylation is 1. The van der Waals surface area contributed by atoms with Crippen molar-refractivity contribution in [1.82, 2.24) is 15.0 Å². The van der Waals surface area contributed by atoms with Crippen molar-refractivity contribution >= 4 is 18.6 Å². The molecule has 0 amide bonds. The summed E-state index contributed by atoms with van der Waals surface area (Å²) in [5.41, 5.74) is 5.57. The third-order valence-electron chi connectivity index (χ3n) is 3.36. The van der Waals surface area contributed by atoms with Crippen molar-refractivity contribution in [2.45, 2.75) is 32.6 Å². The Morgan fingerprint density at radius 3 is 2.75 bits per heavy atom. The summed E-state index contributed by atoms with van der Waals surface area (Å²) < 4.78 is 0. The van der Waals surface area contributed by atoms with Crippen molar-refractivity contribution in [2.75, 3.05) is 5.73 Å². The Bertz CT molecular complexity index is 390. The number of hydrogen-bond donors (Lipinski definition) is 1. The zero-order chi connectivity index (χ0) is 11.5. The van der Waals surface area contributed by atoms with Crippen LogP contribution in [-0.4, -0.2) is 21.7 Å². The third kappa shape index (κ3) is 2.35. The molecule has 1 heterocycles.